The minimum absolute atomic E-state index is 0.0670. The second kappa shape index (κ2) is 10.2. The van der Waals surface area contributed by atoms with Crippen LogP contribution in [0.15, 0.2) is 36.4 Å². The van der Waals surface area contributed by atoms with Gasteiger partial charge in [0, 0.05) is 51.4 Å². The topological polar surface area (TPSA) is 59.8 Å². The fourth-order valence-corrected chi connectivity index (χ4v) is 4.64. The number of carbonyl (C=O) groups is 1. The van der Waals surface area contributed by atoms with Gasteiger partial charge in [0.2, 0.25) is 5.91 Å². The molecule has 0 aromatic heterocycles. The highest BCUT2D eigenvalue weighted by Crippen LogP contribution is 2.26. The standard InChI is InChI=1S/C26H32N4O2/c1-20-14-21(2)16-24(15-20)30(8-3-7-27)26(31)19-29-11-9-28(10-12-29)18-22-4-5-25-23(17-22)6-13-32-25/h4-5,14-17H,3,6,8-13,18-19H2,1-2H3. The highest BCUT2D eigenvalue weighted by Gasteiger charge is 2.23. The highest BCUT2D eigenvalue weighted by molar-refractivity contribution is 5.95. The first-order chi connectivity index (χ1) is 15.5. The molecule has 0 atom stereocenters. The number of nitriles is 1. The highest BCUT2D eigenvalue weighted by atomic mass is 16.5. The maximum absolute atomic E-state index is 13.2. The second-order valence-corrected chi connectivity index (χ2v) is 8.89. The number of ether oxygens (including phenoxy) is 1. The summed E-state index contributed by atoms with van der Waals surface area (Å²) in [5.41, 5.74) is 5.79. The normalized spacial score (nSPS) is 16.3. The molecule has 0 unspecified atom stereocenters. The largest absolute Gasteiger partial charge is 0.493 e. The van der Waals surface area contributed by atoms with Crippen molar-refractivity contribution >= 4 is 11.6 Å². The van der Waals surface area contributed by atoms with Crippen molar-refractivity contribution in [3.05, 3.63) is 58.7 Å². The lowest BCUT2D eigenvalue weighted by molar-refractivity contribution is -0.120. The van der Waals surface area contributed by atoms with Gasteiger partial charge in [-0.15, -0.1) is 0 Å². The number of amides is 1. The van der Waals surface area contributed by atoms with Crippen LogP contribution in [0.2, 0.25) is 0 Å². The fourth-order valence-electron chi connectivity index (χ4n) is 4.64. The molecule has 0 saturated carbocycles. The Labute approximate surface area is 191 Å². The maximum atomic E-state index is 13.2. The van der Waals surface area contributed by atoms with Gasteiger partial charge < -0.3 is 9.64 Å². The predicted octanol–water partition coefficient (Wildman–Crippen LogP) is 3.30. The van der Waals surface area contributed by atoms with Crippen molar-refractivity contribution in [3.63, 3.8) is 0 Å². The Morgan fingerprint density at radius 3 is 2.50 bits per heavy atom. The quantitative estimate of drug-likeness (QED) is 0.672. The van der Waals surface area contributed by atoms with E-state index in [-0.39, 0.29) is 5.91 Å². The zero-order valence-corrected chi connectivity index (χ0v) is 19.1. The van der Waals surface area contributed by atoms with Crippen molar-refractivity contribution in [2.75, 3.05) is 50.8 Å². The molecule has 168 valence electrons. The number of nitrogens with zero attached hydrogens (tertiary/aromatic N) is 4. The Bertz CT molecular complexity index is 985. The van der Waals surface area contributed by atoms with Gasteiger partial charge in [0.1, 0.15) is 5.75 Å². The molecule has 0 radical (unpaired) electrons. The lowest BCUT2D eigenvalue weighted by Gasteiger charge is -2.35. The molecule has 0 aliphatic carbocycles. The summed E-state index contributed by atoms with van der Waals surface area (Å²) in [6.07, 6.45) is 1.33. The average Bonchev–Trinajstić information content (AvgIpc) is 3.23. The molecular formula is C26H32N4O2. The number of fused-ring (bicyclic) bond motifs is 1. The number of benzene rings is 2. The maximum Gasteiger partial charge on any atom is 0.241 e. The molecule has 4 rings (SSSR count). The van der Waals surface area contributed by atoms with E-state index in [0.717, 1.165) is 68.3 Å². The van der Waals surface area contributed by atoms with Crippen molar-refractivity contribution in [2.45, 2.75) is 33.2 Å². The summed E-state index contributed by atoms with van der Waals surface area (Å²) in [5.74, 6) is 1.10. The Hall–Kier alpha value is -2.88. The smallest absolute Gasteiger partial charge is 0.241 e. The van der Waals surface area contributed by atoms with Gasteiger partial charge in [-0.1, -0.05) is 18.2 Å². The van der Waals surface area contributed by atoms with E-state index in [1.54, 1.807) is 4.90 Å². The third-order valence-electron chi connectivity index (χ3n) is 6.25. The van der Waals surface area contributed by atoms with Crippen LogP contribution in [0.1, 0.15) is 28.7 Å². The summed E-state index contributed by atoms with van der Waals surface area (Å²) in [6, 6.07) is 14.9. The molecule has 1 saturated heterocycles. The molecule has 32 heavy (non-hydrogen) atoms. The molecule has 1 amide bonds. The molecule has 2 aliphatic heterocycles. The summed E-state index contributed by atoms with van der Waals surface area (Å²) < 4.78 is 5.61. The Morgan fingerprint density at radius 2 is 1.78 bits per heavy atom. The Morgan fingerprint density at radius 1 is 1.06 bits per heavy atom. The minimum atomic E-state index is 0.0670. The zero-order chi connectivity index (χ0) is 22.5. The van der Waals surface area contributed by atoms with Gasteiger partial charge in [0.15, 0.2) is 0 Å². The van der Waals surface area contributed by atoms with E-state index >= 15 is 0 Å². The molecule has 2 aromatic rings. The molecule has 2 aromatic carbocycles. The van der Waals surface area contributed by atoms with Crippen LogP contribution in [-0.2, 0) is 17.8 Å². The van der Waals surface area contributed by atoms with Crippen LogP contribution in [0.3, 0.4) is 0 Å². The van der Waals surface area contributed by atoms with Gasteiger partial charge >= 0.3 is 0 Å². The van der Waals surface area contributed by atoms with E-state index in [1.165, 1.54) is 11.1 Å². The Kier molecular flexibility index (Phi) is 7.09. The van der Waals surface area contributed by atoms with E-state index in [4.69, 9.17) is 10.00 Å². The summed E-state index contributed by atoms with van der Waals surface area (Å²) in [6.45, 7) is 10.3. The van der Waals surface area contributed by atoms with Gasteiger partial charge in [-0.25, -0.2) is 0 Å². The van der Waals surface area contributed by atoms with Gasteiger partial charge in [0.25, 0.3) is 0 Å². The zero-order valence-electron chi connectivity index (χ0n) is 19.1. The summed E-state index contributed by atoms with van der Waals surface area (Å²) in [4.78, 5) is 19.6. The summed E-state index contributed by atoms with van der Waals surface area (Å²) in [7, 11) is 0. The van der Waals surface area contributed by atoms with Crippen molar-refractivity contribution in [1.82, 2.24) is 9.80 Å². The number of rotatable bonds is 7. The second-order valence-electron chi connectivity index (χ2n) is 8.89. The molecule has 2 aliphatic rings. The van der Waals surface area contributed by atoms with Gasteiger partial charge in [-0.3, -0.25) is 14.6 Å². The van der Waals surface area contributed by atoms with Crippen molar-refractivity contribution in [2.24, 2.45) is 0 Å². The van der Waals surface area contributed by atoms with Crippen LogP contribution >= 0.6 is 0 Å². The van der Waals surface area contributed by atoms with Crippen molar-refractivity contribution in [1.29, 1.82) is 5.26 Å². The first-order valence-corrected chi connectivity index (χ1v) is 11.5. The lowest BCUT2D eigenvalue weighted by Crippen LogP contribution is -2.50. The van der Waals surface area contributed by atoms with E-state index < -0.39 is 0 Å². The summed E-state index contributed by atoms with van der Waals surface area (Å²) in [5, 5.41) is 9.07. The monoisotopic (exact) mass is 432 g/mol. The molecule has 1 fully saturated rings. The third-order valence-corrected chi connectivity index (χ3v) is 6.25. The number of hydrogen-bond acceptors (Lipinski definition) is 5. The van der Waals surface area contributed by atoms with Crippen LogP contribution in [0.4, 0.5) is 5.69 Å². The predicted molar refractivity (Wildman–Crippen MR) is 126 cm³/mol. The van der Waals surface area contributed by atoms with Crippen molar-refractivity contribution < 1.29 is 9.53 Å². The fraction of sp³-hybridized carbons (Fsp3) is 0.462. The Balaban J connectivity index is 1.32. The van der Waals surface area contributed by atoms with Crippen LogP contribution in [0, 0.1) is 25.2 Å². The molecule has 6 heteroatoms. The van der Waals surface area contributed by atoms with Gasteiger partial charge in [-0.2, -0.15) is 5.26 Å². The minimum Gasteiger partial charge on any atom is -0.493 e. The number of aryl methyl sites for hydroxylation is 2. The molecule has 0 N–H and O–H groups in total. The SMILES string of the molecule is Cc1cc(C)cc(N(CCC#N)C(=O)CN2CCN(Cc3ccc4c(c3)CCO4)CC2)c1. The molecular weight excluding hydrogens is 400 g/mol. The van der Waals surface area contributed by atoms with E-state index in [2.05, 4.69) is 40.1 Å². The van der Waals surface area contributed by atoms with E-state index in [0.29, 0.717) is 19.5 Å². The first-order valence-electron chi connectivity index (χ1n) is 11.5. The van der Waals surface area contributed by atoms with E-state index in [1.807, 2.05) is 26.0 Å². The first kappa shape index (κ1) is 22.3. The molecule has 6 nitrogen and oxygen atoms in total. The molecule has 2 heterocycles. The van der Waals surface area contributed by atoms with Crippen LogP contribution in [0.25, 0.3) is 0 Å². The lowest BCUT2D eigenvalue weighted by atomic mass is 10.1. The molecule has 0 bridgehead atoms. The number of carbonyl (C=O) groups excluding carboxylic acids is 1. The van der Waals surface area contributed by atoms with E-state index in [9.17, 15) is 4.79 Å². The van der Waals surface area contributed by atoms with Crippen LogP contribution in [0.5, 0.6) is 5.75 Å². The average molecular weight is 433 g/mol. The third kappa shape index (κ3) is 5.48. The van der Waals surface area contributed by atoms with Crippen LogP contribution < -0.4 is 9.64 Å². The number of piperazine rings is 1. The van der Waals surface area contributed by atoms with Crippen LogP contribution in [-0.4, -0.2) is 61.6 Å². The van der Waals surface area contributed by atoms with Crippen molar-refractivity contribution in [3.8, 4) is 11.8 Å². The van der Waals surface area contributed by atoms with Gasteiger partial charge in [-0.05, 0) is 54.3 Å². The van der Waals surface area contributed by atoms with Gasteiger partial charge in [0.05, 0.1) is 25.6 Å². The summed E-state index contributed by atoms with van der Waals surface area (Å²) >= 11 is 0. The number of hydrogen-bond donors (Lipinski definition) is 0. The number of anilines is 1. The molecule has 0 spiro atoms.